The minimum atomic E-state index is -0.817. The zero-order valence-corrected chi connectivity index (χ0v) is 13.6. The molecule has 0 aromatic carbocycles. The molecule has 0 saturated heterocycles. The van der Waals surface area contributed by atoms with Crippen LogP contribution in [0.1, 0.15) is 13.8 Å². The summed E-state index contributed by atoms with van der Waals surface area (Å²) in [5.74, 6) is 1.73. The van der Waals surface area contributed by atoms with Crippen LogP contribution in [-0.4, -0.2) is 40.8 Å². The van der Waals surface area contributed by atoms with Gasteiger partial charge in [-0.15, -0.1) is 0 Å². The van der Waals surface area contributed by atoms with Crippen LogP contribution in [0.4, 0.5) is 11.6 Å². The maximum atomic E-state index is 10.1. The topological polar surface area (TPSA) is 57.2 Å². The van der Waals surface area contributed by atoms with Gasteiger partial charge in [0.1, 0.15) is 11.6 Å². The minimum absolute atomic E-state index is 0.369. The molecule has 1 atom stereocenters. The fourth-order valence-corrected chi connectivity index (χ4v) is 2.73. The van der Waals surface area contributed by atoms with Crippen molar-refractivity contribution in [2.45, 2.75) is 19.4 Å². The molecule has 7 heteroatoms. The summed E-state index contributed by atoms with van der Waals surface area (Å²) in [4.78, 5) is 4.32. The van der Waals surface area contributed by atoms with Gasteiger partial charge in [-0.25, -0.2) is 4.98 Å². The highest BCUT2D eigenvalue weighted by molar-refractivity contribution is 7.98. The Kier molecular flexibility index (Phi) is 6.53. The molecule has 108 valence electrons. The molecular weight excluding hydrogens is 305 g/mol. The average molecular weight is 324 g/mol. The summed E-state index contributed by atoms with van der Waals surface area (Å²) in [6.45, 7) is 4.82. The first kappa shape index (κ1) is 16.7. The monoisotopic (exact) mass is 323 g/mol. The Hall–Kier alpha value is -0.360. The lowest BCUT2D eigenvalue weighted by molar-refractivity contribution is 0.0996. The fraction of sp³-hybridized carbons (Fsp3) is 0.583. The Morgan fingerprint density at radius 2 is 1.89 bits per heavy atom. The number of thioether (sulfide) groups is 1. The molecule has 0 aliphatic heterocycles. The van der Waals surface area contributed by atoms with E-state index in [-0.39, 0.29) is 0 Å². The maximum absolute atomic E-state index is 10.1. The second-order valence-corrected chi connectivity index (χ2v) is 6.14. The molecule has 0 bridgehead atoms. The van der Waals surface area contributed by atoms with Crippen molar-refractivity contribution in [2.75, 3.05) is 35.7 Å². The molecule has 0 amide bonds. The van der Waals surface area contributed by atoms with E-state index in [0.29, 0.717) is 34.0 Å². The van der Waals surface area contributed by atoms with E-state index in [1.54, 1.807) is 24.8 Å². The van der Waals surface area contributed by atoms with Crippen LogP contribution >= 0.6 is 35.0 Å². The molecule has 0 fully saturated rings. The number of nitrogens with zero attached hydrogens (tertiary/aromatic N) is 1. The first-order valence-electron chi connectivity index (χ1n) is 5.94. The van der Waals surface area contributed by atoms with Gasteiger partial charge in [-0.2, -0.15) is 11.8 Å². The van der Waals surface area contributed by atoms with Crippen molar-refractivity contribution in [3.8, 4) is 0 Å². The van der Waals surface area contributed by atoms with Gasteiger partial charge in [-0.1, -0.05) is 23.2 Å². The second-order valence-electron chi connectivity index (χ2n) is 4.46. The molecule has 1 aromatic heterocycles. The van der Waals surface area contributed by atoms with Crippen molar-refractivity contribution in [2.24, 2.45) is 0 Å². The van der Waals surface area contributed by atoms with Crippen LogP contribution in [-0.2, 0) is 0 Å². The molecular formula is C12H19Cl2N3OS. The number of aromatic nitrogens is 1. The van der Waals surface area contributed by atoms with E-state index in [1.165, 1.54) is 0 Å². The van der Waals surface area contributed by atoms with Gasteiger partial charge in [0.25, 0.3) is 0 Å². The van der Waals surface area contributed by atoms with Gasteiger partial charge < -0.3 is 15.7 Å². The van der Waals surface area contributed by atoms with Gasteiger partial charge in [0.15, 0.2) is 0 Å². The van der Waals surface area contributed by atoms with E-state index in [1.807, 2.05) is 13.2 Å². The third-order valence-electron chi connectivity index (χ3n) is 2.37. The first-order valence-corrected chi connectivity index (χ1v) is 8.09. The highest BCUT2D eigenvalue weighted by atomic mass is 35.5. The van der Waals surface area contributed by atoms with Gasteiger partial charge in [0, 0.05) is 18.8 Å². The van der Waals surface area contributed by atoms with Gasteiger partial charge in [0.2, 0.25) is 0 Å². The summed E-state index contributed by atoms with van der Waals surface area (Å²) in [5, 5.41) is 17.1. The number of hydrogen-bond acceptors (Lipinski definition) is 5. The Labute approximate surface area is 128 Å². The molecule has 0 aliphatic carbocycles. The molecule has 0 radical (unpaired) electrons. The van der Waals surface area contributed by atoms with Gasteiger partial charge in [0.05, 0.1) is 15.6 Å². The van der Waals surface area contributed by atoms with Crippen LogP contribution in [0.5, 0.6) is 0 Å². The minimum Gasteiger partial charge on any atom is -0.387 e. The second kappa shape index (κ2) is 7.43. The van der Waals surface area contributed by atoms with E-state index < -0.39 is 5.60 Å². The van der Waals surface area contributed by atoms with Crippen LogP contribution in [0, 0.1) is 0 Å². The lowest BCUT2D eigenvalue weighted by Crippen LogP contribution is -2.36. The van der Waals surface area contributed by atoms with Crippen molar-refractivity contribution in [3.05, 3.63) is 16.1 Å². The van der Waals surface area contributed by atoms with Crippen molar-refractivity contribution in [3.63, 3.8) is 0 Å². The number of aliphatic hydroxyl groups is 1. The normalized spacial score (nSPS) is 14.0. The Morgan fingerprint density at radius 1 is 1.32 bits per heavy atom. The Morgan fingerprint density at radius 3 is 2.42 bits per heavy atom. The number of anilines is 2. The van der Waals surface area contributed by atoms with Crippen LogP contribution in [0.3, 0.4) is 0 Å². The largest absolute Gasteiger partial charge is 0.387 e. The van der Waals surface area contributed by atoms with Crippen LogP contribution in [0.15, 0.2) is 6.07 Å². The summed E-state index contributed by atoms with van der Waals surface area (Å²) in [7, 11) is 0. The molecule has 1 unspecified atom stereocenters. The van der Waals surface area contributed by atoms with Crippen molar-refractivity contribution < 1.29 is 5.11 Å². The zero-order chi connectivity index (χ0) is 14.5. The van der Waals surface area contributed by atoms with E-state index >= 15 is 0 Å². The molecule has 0 saturated carbocycles. The SMILES string of the molecule is CCNc1nc(NCC(C)(O)CSC)c(Cl)cc1Cl. The molecule has 0 aliphatic rings. The third kappa shape index (κ3) is 5.26. The van der Waals surface area contributed by atoms with E-state index in [0.717, 1.165) is 6.54 Å². The first-order chi connectivity index (χ1) is 8.89. The summed E-state index contributed by atoms with van der Waals surface area (Å²) < 4.78 is 0. The number of rotatable bonds is 7. The van der Waals surface area contributed by atoms with Gasteiger partial charge in [-0.3, -0.25) is 0 Å². The molecule has 1 rings (SSSR count). The van der Waals surface area contributed by atoms with E-state index in [2.05, 4.69) is 15.6 Å². The lowest BCUT2D eigenvalue weighted by atomic mass is 10.1. The van der Waals surface area contributed by atoms with E-state index in [9.17, 15) is 5.11 Å². The van der Waals surface area contributed by atoms with Gasteiger partial charge in [-0.05, 0) is 26.2 Å². The molecule has 1 aromatic rings. The quantitative estimate of drug-likeness (QED) is 0.718. The summed E-state index contributed by atoms with van der Waals surface area (Å²) in [6, 6.07) is 1.64. The van der Waals surface area contributed by atoms with Crippen LogP contribution in [0.2, 0.25) is 10.0 Å². The number of pyridine rings is 1. The maximum Gasteiger partial charge on any atom is 0.147 e. The van der Waals surface area contributed by atoms with Crippen molar-refractivity contribution >= 4 is 46.6 Å². The highest BCUT2D eigenvalue weighted by Crippen LogP contribution is 2.29. The zero-order valence-electron chi connectivity index (χ0n) is 11.3. The molecule has 0 spiro atoms. The number of nitrogens with one attached hydrogen (secondary N) is 2. The standard InChI is InChI=1S/C12H19Cl2N3OS/c1-4-15-10-8(13)5-9(14)11(17-10)16-6-12(2,18)7-19-3/h5,18H,4,6-7H2,1-3H3,(H2,15,16,17). The third-order valence-corrected chi connectivity index (χ3v) is 3.85. The lowest BCUT2D eigenvalue weighted by Gasteiger charge is -2.23. The Bertz CT molecular complexity index is 430. The molecule has 4 nitrogen and oxygen atoms in total. The summed E-state index contributed by atoms with van der Waals surface area (Å²) in [6.07, 6.45) is 1.95. The van der Waals surface area contributed by atoms with E-state index in [4.69, 9.17) is 23.2 Å². The van der Waals surface area contributed by atoms with Crippen LogP contribution < -0.4 is 10.6 Å². The summed E-state index contributed by atoms with van der Waals surface area (Å²) in [5.41, 5.74) is -0.817. The summed E-state index contributed by atoms with van der Waals surface area (Å²) >= 11 is 13.7. The molecule has 1 heterocycles. The highest BCUT2D eigenvalue weighted by Gasteiger charge is 2.20. The van der Waals surface area contributed by atoms with Crippen molar-refractivity contribution in [1.82, 2.24) is 4.98 Å². The van der Waals surface area contributed by atoms with Crippen LogP contribution in [0.25, 0.3) is 0 Å². The number of halogens is 2. The van der Waals surface area contributed by atoms with Crippen molar-refractivity contribution in [1.29, 1.82) is 0 Å². The fourth-order valence-electron chi connectivity index (χ4n) is 1.52. The Balaban J connectivity index is 2.80. The number of hydrogen-bond donors (Lipinski definition) is 3. The smallest absolute Gasteiger partial charge is 0.147 e. The van der Waals surface area contributed by atoms with Gasteiger partial charge >= 0.3 is 0 Å². The predicted molar refractivity (Wildman–Crippen MR) is 85.9 cm³/mol. The molecule has 19 heavy (non-hydrogen) atoms. The molecule has 3 N–H and O–H groups in total. The average Bonchev–Trinajstić information content (AvgIpc) is 2.31. The predicted octanol–water partition coefficient (Wildman–Crippen LogP) is 3.35.